The molecule has 4 aromatic rings. The normalized spacial score (nSPS) is 20.6. The lowest BCUT2D eigenvalue weighted by atomic mass is 9.71. The summed E-state index contributed by atoms with van der Waals surface area (Å²) < 4.78 is 36.9. The molecule has 1 N–H and O–H groups in total. The fourth-order valence-electron chi connectivity index (χ4n) is 7.58. The van der Waals surface area contributed by atoms with Crippen LogP contribution >= 0.6 is 0 Å². The van der Waals surface area contributed by atoms with Crippen LogP contribution in [0.3, 0.4) is 0 Å². The van der Waals surface area contributed by atoms with Crippen molar-refractivity contribution < 1.29 is 18.3 Å². The van der Waals surface area contributed by atoms with Crippen molar-refractivity contribution in [3.05, 3.63) is 59.8 Å². The van der Waals surface area contributed by atoms with Gasteiger partial charge in [-0.05, 0) is 94.1 Å². The van der Waals surface area contributed by atoms with Gasteiger partial charge in [-0.2, -0.15) is 0 Å². The van der Waals surface area contributed by atoms with Crippen LogP contribution in [0.5, 0.6) is 5.75 Å². The maximum atomic E-state index is 15.8. The van der Waals surface area contributed by atoms with Gasteiger partial charge in [0.05, 0.1) is 34.6 Å². The van der Waals surface area contributed by atoms with E-state index in [1.807, 2.05) is 23.6 Å². The quantitative estimate of drug-likeness (QED) is 0.267. The zero-order chi connectivity index (χ0) is 32.5. The largest absolute Gasteiger partial charge is 0.493 e. The summed E-state index contributed by atoms with van der Waals surface area (Å²) in [5, 5.41) is 3.04. The first-order valence-electron chi connectivity index (χ1n) is 16.9. The van der Waals surface area contributed by atoms with Crippen LogP contribution in [0.2, 0.25) is 0 Å². The summed E-state index contributed by atoms with van der Waals surface area (Å²) in [7, 11) is 0. The van der Waals surface area contributed by atoms with Crippen molar-refractivity contribution >= 4 is 28.6 Å². The predicted octanol–water partition coefficient (Wildman–Crippen LogP) is 6.65. The third-order valence-electron chi connectivity index (χ3n) is 10.4. The van der Waals surface area contributed by atoms with Crippen LogP contribution < -0.4 is 15.0 Å². The number of anilines is 2. The van der Waals surface area contributed by atoms with Crippen molar-refractivity contribution in [1.82, 2.24) is 24.4 Å². The van der Waals surface area contributed by atoms with Gasteiger partial charge in [-0.15, -0.1) is 0 Å². The van der Waals surface area contributed by atoms with Gasteiger partial charge in [0.1, 0.15) is 18.2 Å². The molecular formula is C36H43F2N7O2. The van der Waals surface area contributed by atoms with E-state index in [1.54, 1.807) is 24.5 Å². The van der Waals surface area contributed by atoms with Crippen LogP contribution in [-0.4, -0.2) is 76.3 Å². The third kappa shape index (κ3) is 6.54. The highest BCUT2D eigenvalue weighted by molar-refractivity contribution is 6.05. The highest BCUT2D eigenvalue weighted by atomic mass is 19.1. The lowest BCUT2D eigenvalue weighted by molar-refractivity contribution is 0.0763. The average Bonchev–Trinajstić information content (AvgIpc) is 3.38. The Kier molecular flexibility index (Phi) is 8.83. The number of alkyl halides is 1. The van der Waals surface area contributed by atoms with E-state index in [2.05, 4.69) is 32.0 Å². The molecule has 1 spiro atoms. The molecule has 0 aliphatic carbocycles. The number of nitrogens with one attached hydrogen (secondary N) is 1. The van der Waals surface area contributed by atoms with Crippen molar-refractivity contribution in [2.75, 3.05) is 56.2 Å². The molecule has 3 aliphatic rings. The molecular weight excluding hydrogens is 600 g/mol. The molecule has 0 unspecified atom stereocenters. The zero-order valence-electron chi connectivity index (χ0n) is 27.3. The van der Waals surface area contributed by atoms with Crippen LogP contribution in [0.25, 0.3) is 22.3 Å². The minimum absolute atomic E-state index is 0.241. The fourth-order valence-corrected chi connectivity index (χ4v) is 7.58. The number of halogens is 2. The molecule has 2 fully saturated rings. The molecule has 248 valence electrons. The molecule has 9 nitrogen and oxygen atoms in total. The summed E-state index contributed by atoms with van der Waals surface area (Å²) in [6.07, 6.45) is 9.29. The summed E-state index contributed by atoms with van der Waals surface area (Å²) in [5.41, 5.74) is 4.61. The van der Waals surface area contributed by atoms with E-state index in [9.17, 15) is 9.18 Å². The Balaban J connectivity index is 1.19. The highest BCUT2D eigenvalue weighted by Crippen LogP contribution is 2.43. The standard InChI is InChI=1S/C36H43F2N7O2/c1-24-4-3-17-47-33-5-11-39-22-27(33)29-19-26(18-25(2)40-29)34(46)42-35-41-30-20-28(38)31(21-32(30)45(35)23-24)44-14-8-36(9-15-44)6-12-43(13-7-36)16-10-37/h5,11,18-22,24H,3-4,6-10,12-17,23H2,1-2H3,(H,41,42,46)/t24-/m1/s1. The van der Waals surface area contributed by atoms with Crippen molar-refractivity contribution in [2.45, 2.75) is 58.9 Å². The predicted molar refractivity (Wildman–Crippen MR) is 179 cm³/mol. The van der Waals surface area contributed by atoms with Crippen molar-refractivity contribution in [3.8, 4) is 17.0 Å². The molecule has 6 heterocycles. The van der Waals surface area contributed by atoms with Crippen LogP contribution in [0.4, 0.5) is 20.4 Å². The van der Waals surface area contributed by atoms with Gasteiger partial charge in [0.15, 0.2) is 0 Å². The molecule has 1 amide bonds. The zero-order valence-corrected chi connectivity index (χ0v) is 27.3. The number of fused-ring (bicyclic) bond motifs is 7. The molecule has 7 rings (SSSR count). The number of hydrogen-bond acceptors (Lipinski definition) is 7. The second kappa shape index (κ2) is 13.2. The molecule has 3 aromatic heterocycles. The maximum Gasteiger partial charge on any atom is 0.258 e. The van der Waals surface area contributed by atoms with Crippen molar-refractivity contribution in [3.63, 3.8) is 0 Å². The monoisotopic (exact) mass is 643 g/mol. The minimum atomic E-state index is -0.318. The van der Waals surface area contributed by atoms with Crippen molar-refractivity contribution in [1.29, 1.82) is 0 Å². The molecule has 3 aliphatic heterocycles. The highest BCUT2D eigenvalue weighted by Gasteiger charge is 2.38. The van der Waals surface area contributed by atoms with E-state index in [1.165, 1.54) is 6.07 Å². The van der Waals surface area contributed by atoms with Gasteiger partial charge in [0, 0.05) is 55.9 Å². The summed E-state index contributed by atoms with van der Waals surface area (Å²) in [4.78, 5) is 31.8. The number of hydrogen-bond donors (Lipinski definition) is 1. The average molecular weight is 644 g/mol. The number of likely N-dealkylation sites (tertiary alicyclic amines) is 1. The number of ether oxygens (including phenoxy) is 1. The number of carbonyl (C=O) groups excluding carboxylic acids is 1. The Morgan fingerprint density at radius 2 is 1.85 bits per heavy atom. The number of carbonyl (C=O) groups is 1. The van der Waals surface area contributed by atoms with Crippen LogP contribution in [-0.2, 0) is 6.54 Å². The smallest absolute Gasteiger partial charge is 0.258 e. The molecule has 47 heavy (non-hydrogen) atoms. The minimum Gasteiger partial charge on any atom is -0.493 e. The fraction of sp³-hybridized carbons (Fsp3) is 0.500. The van der Waals surface area contributed by atoms with Gasteiger partial charge in [-0.1, -0.05) is 6.92 Å². The van der Waals surface area contributed by atoms with Gasteiger partial charge in [-0.3, -0.25) is 20.1 Å². The number of pyridine rings is 2. The van der Waals surface area contributed by atoms with Crippen LogP contribution in [0.15, 0.2) is 42.7 Å². The number of nitrogens with zero attached hydrogens (tertiary/aromatic N) is 6. The Morgan fingerprint density at radius 1 is 1.06 bits per heavy atom. The number of amides is 1. The second-order valence-corrected chi connectivity index (χ2v) is 13.7. The van der Waals surface area contributed by atoms with Crippen LogP contribution in [0.1, 0.15) is 61.5 Å². The SMILES string of the molecule is Cc1cc2cc(n1)-c1cnccc1OCCC[C@@H](C)Cn1c(nc3cc(F)c(N4CCC5(CCN(CCF)CC5)CC4)cc31)NC2=O. The number of imidazole rings is 1. The number of aryl methyl sites for hydroxylation is 1. The Morgan fingerprint density at radius 3 is 2.64 bits per heavy atom. The Labute approximate surface area is 274 Å². The molecule has 11 heteroatoms. The topological polar surface area (TPSA) is 88.4 Å². The molecule has 0 radical (unpaired) electrons. The molecule has 1 atom stereocenters. The third-order valence-corrected chi connectivity index (χ3v) is 10.4. The van der Waals surface area contributed by atoms with E-state index in [0.717, 1.165) is 75.8 Å². The first-order valence-corrected chi connectivity index (χ1v) is 16.9. The summed E-state index contributed by atoms with van der Waals surface area (Å²) in [5.74, 6) is 0.705. The Hall–Kier alpha value is -4.12. The van der Waals surface area contributed by atoms with E-state index in [4.69, 9.17) is 9.72 Å². The molecule has 1 aromatic carbocycles. The summed E-state index contributed by atoms with van der Waals surface area (Å²) >= 11 is 0. The van der Waals surface area contributed by atoms with Gasteiger partial charge in [-0.25, -0.2) is 13.8 Å². The van der Waals surface area contributed by atoms with Gasteiger partial charge < -0.3 is 19.1 Å². The van der Waals surface area contributed by atoms with Gasteiger partial charge in [0.2, 0.25) is 5.95 Å². The van der Waals surface area contributed by atoms with E-state index < -0.39 is 0 Å². The molecule has 2 bridgehead atoms. The van der Waals surface area contributed by atoms with E-state index >= 15 is 4.39 Å². The number of aromatic nitrogens is 4. The van der Waals surface area contributed by atoms with Gasteiger partial charge >= 0.3 is 0 Å². The lowest BCUT2D eigenvalue weighted by Crippen LogP contribution is -2.47. The van der Waals surface area contributed by atoms with E-state index in [0.29, 0.717) is 59.5 Å². The number of piperidine rings is 2. The van der Waals surface area contributed by atoms with Crippen LogP contribution in [0, 0.1) is 24.1 Å². The number of rotatable bonds is 3. The maximum absolute atomic E-state index is 15.8. The lowest BCUT2D eigenvalue weighted by Gasteiger charge is -2.47. The first-order chi connectivity index (χ1) is 22.8. The second-order valence-electron chi connectivity index (χ2n) is 13.7. The molecule has 0 saturated carbocycles. The summed E-state index contributed by atoms with van der Waals surface area (Å²) in [6.45, 7) is 8.83. The summed E-state index contributed by atoms with van der Waals surface area (Å²) in [6, 6.07) is 8.74. The van der Waals surface area contributed by atoms with E-state index in [-0.39, 0.29) is 29.7 Å². The molecule has 2 saturated heterocycles. The van der Waals surface area contributed by atoms with Crippen molar-refractivity contribution in [2.24, 2.45) is 11.3 Å². The van der Waals surface area contributed by atoms with Gasteiger partial charge in [0.25, 0.3) is 5.91 Å². The first kappa shape index (κ1) is 31.5. The Bertz CT molecular complexity index is 1760. The number of benzene rings is 1.